The van der Waals surface area contributed by atoms with Gasteiger partial charge in [0.2, 0.25) is 0 Å². The molecule has 5 heteroatoms. The van der Waals surface area contributed by atoms with Gasteiger partial charge in [0.15, 0.2) is 0 Å². The van der Waals surface area contributed by atoms with Gasteiger partial charge in [-0.1, -0.05) is 6.92 Å². The highest BCUT2D eigenvalue weighted by Gasteiger charge is 1.95. The van der Waals surface area contributed by atoms with Gasteiger partial charge in [0.25, 0.3) is 0 Å². The smallest absolute Gasteiger partial charge is 0.330 e. The first kappa shape index (κ1) is 10.3. The fourth-order valence-corrected chi connectivity index (χ4v) is 0.845. The number of hydrogen-bond acceptors (Lipinski definition) is 3. The number of nitrogens with one attached hydrogen (secondary N) is 2. The van der Waals surface area contributed by atoms with Gasteiger partial charge < -0.3 is 14.7 Å². The molecule has 5 nitrogen and oxygen atoms in total. The number of hydrogen-bond donors (Lipinski definition) is 2. The summed E-state index contributed by atoms with van der Waals surface area (Å²) in [4.78, 5) is 26.5. The maximum atomic E-state index is 11.0. The number of esters is 1. The highest BCUT2D eigenvalue weighted by atomic mass is 16.5. The molecule has 1 aromatic heterocycles. The van der Waals surface area contributed by atoms with Crippen LogP contribution in [0.1, 0.15) is 19.0 Å². The van der Waals surface area contributed by atoms with Crippen LogP contribution >= 0.6 is 0 Å². The zero-order valence-electron chi connectivity index (χ0n) is 7.87. The van der Waals surface area contributed by atoms with Crippen LogP contribution < -0.4 is 5.69 Å². The van der Waals surface area contributed by atoms with Crippen LogP contribution in [-0.2, 0) is 9.53 Å². The Labute approximate surface area is 80.8 Å². The predicted octanol–water partition coefficient (Wildman–Crippen LogP) is 0.669. The largest absolute Gasteiger partial charge is 0.463 e. The van der Waals surface area contributed by atoms with Crippen LogP contribution in [0.5, 0.6) is 0 Å². The van der Waals surface area contributed by atoms with Crippen molar-refractivity contribution in [1.82, 2.24) is 9.97 Å². The molecule has 0 atom stereocenters. The zero-order chi connectivity index (χ0) is 10.4. The van der Waals surface area contributed by atoms with Crippen LogP contribution in [-0.4, -0.2) is 22.5 Å². The molecule has 0 unspecified atom stereocenters. The number of carbonyl (C=O) groups excluding carboxylic acids is 1. The summed E-state index contributed by atoms with van der Waals surface area (Å²) < 4.78 is 4.79. The third-order valence-electron chi connectivity index (χ3n) is 1.46. The highest BCUT2D eigenvalue weighted by molar-refractivity contribution is 5.86. The Bertz CT molecular complexity index is 375. The lowest BCUT2D eigenvalue weighted by atomic mass is 10.4. The molecule has 0 fully saturated rings. The zero-order valence-corrected chi connectivity index (χ0v) is 7.87. The maximum absolute atomic E-state index is 11.0. The summed E-state index contributed by atoms with van der Waals surface area (Å²) in [5.74, 6) is -0.408. The van der Waals surface area contributed by atoms with Gasteiger partial charge in [-0.05, 0) is 12.5 Å². The lowest BCUT2D eigenvalue weighted by Crippen LogP contribution is -2.01. The monoisotopic (exact) mass is 196 g/mol. The minimum atomic E-state index is -0.408. The van der Waals surface area contributed by atoms with Gasteiger partial charge in [-0.3, -0.25) is 0 Å². The van der Waals surface area contributed by atoms with E-state index < -0.39 is 5.97 Å². The first-order valence-electron chi connectivity index (χ1n) is 4.35. The van der Waals surface area contributed by atoms with Crippen molar-refractivity contribution in [3.63, 3.8) is 0 Å². The summed E-state index contributed by atoms with van der Waals surface area (Å²) in [5.41, 5.74) is 0.245. The fraction of sp³-hybridized carbons (Fsp3) is 0.333. The van der Waals surface area contributed by atoms with Gasteiger partial charge in [0.05, 0.1) is 12.3 Å². The van der Waals surface area contributed by atoms with Crippen LogP contribution in [0.25, 0.3) is 6.08 Å². The van der Waals surface area contributed by atoms with E-state index in [0.717, 1.165) is 6.42 Å². The van der Waals surface area contributed by atoms with E-state index >= 15 is 0 Å². The molecule has 2 N–H and O–H groups in total. The summed E-state index contributed by atoms with van der Waals surface area (Å²) in [7, 11) is 0. The molecule has 76 valence electrons. The minimum Gasteiger partial charge on any atom is -0.463 e. The van der Waals surface area contributed by atoms with Crippen LogP contribution in [0.2, 0.25) is 0 Å². The molecule has 0 aliphatic carbocycles. The maximum Gasteiger partial charge on any atom is 0.330 e. The fourth-order valence-electron chi connectivity index (χ4n) is 0.845. The predicted molar refractivity (Wildman–Crippen MR) is 51.7 cm³/mol. The summed E-state index contributed by atoms with van der Waals surface area (Å²) in [6.07, 6.45) is 5.02. The number of carbonyl (C=O) groups is 1. The standard InChI is InChI=1S/C9H12N2O3/c1-2-5-14-8(12)4-3-7-6-10-9(13)11-7/h3-4,6H,2,5H2,1H3,(H2,10,11,13)/b4-3-. The molecule has 0 aromatic carbocycles. The number of H-pyrrole nitrogens is 2. The third-order valence-corrected chi connectivity index (χ3v) is 1.46. The second kappa shape index (κ2) is 5.06. The van der Waals surface area contributed by atoms with Gasteiger partial charge in [-0.2, -0.15) is 0 Å². The Morgan fingerprint density at radius 1 is 1.64 bits per heavy atom. The van der Waals surface area contributed by atoms with Crippen LogP contribution in [0.3, 0.4) is 0 Å². The molecule has 0 bridgehead atoms. The molecule has 0 saturated heterocycles. The minimum absolute atomic E-state index is 0.299. The molecular weight excluding hydrogens is 184 g/mol. The van der Waals surface area contributed by atoms with E-state index in [-0.39, 0.29) is 5.69 Å². The Balaban J connectivity index is 2.47. The van der Waals surface area contributed by atoms with E-state index in [0.29, 0.717) is 12.3 Å². The molecule has 1 rings (SSSR count). The second-order valence-electron chi connectivity index (χ2n) is 2.70. The van der Waals surface area contributed by atoms with Gasteiger partial charge in [0, 0.05) is 12.3 Å². The third kappa shape index (κ3) is 3.30. The van der Waals surface area contributed by atoms with Crippen molar-refractivity contribution < 1.29 is 9.53 Å². The first-order chi connectivity index (χ1) is 6.72. The Morgan fingerprint density at radius 2 is 2.43 bits per heavy atom. The number of rotatable bonds is 4. The van der Waals surface area contributed by atoms with Crippen molar-refractivity contribution in [2.75, 3.05) is 6.61 Å². The SMILES string of the molecule is CCCOC(=O)/C=C\c1c[nH]c(=O)[nH]1. The number of imidazole rings is 1. The van der Waals surface area contributed by atoms with Crippen molar-refractivity contribution in [3.05, 3.63) is 28.5 Å². The van der Waals surface area contributed by atoms with E-state index in [2.05, 4.69) is 9.97 Å². The second-order valence-corrected chi connectivity index (χ2v) is 2.70. The first-order valence-corrected chi connectivity index (χ1v) is 4.35. The van der Waals surface area contributed by atoms with E-state index in [9.17, 15) is 9.59 Å². The molecule has 0 radical (unpaired) electrons. The van der Waals surface area contributed by atoms with Crippen molar-refractivity contribution in [1.29, 1.82) is 0 Å². The summed E-state index contributed by atoms with van der Waals surface area (Å²) >= 11 is 0. The van der Waals surface area contributed by atoms with Crippen molar-refractivity contribution >= 4 is 12.0 Å². The topological polar surface area (TPSA) is 75.0 Å². The molecular formula is C9H12N2O3. The normalized spacial score (nSPS) is 10.6. The van der Waals surface area contributed by atoms with Crippen LogP contribution in [0, 0.1) is 0 Å². The van der Waals surface area contributed by atoms with Crippen molar-refractivity contribution in [3.8, 4) is 0 Å². The van der Waals surface area contributed by atoms with Gasteiger partial charge in [0.1, 0.15) is 0 Å². The van der Waals surface area contributed by atoms with Crippen molar-refractivity contribution in [2.45, 2.75) is 13.3 Å². The molecule has 0 aliphatic rings. The van der Waals surface area contributed by atoms with Crippen molar-refractivity contribution in [2.24, 2.45) is 0 Å². The molecule has 0 saturated carbocycles. The number of ether oxygens (including phenoxy) is 1. The Kier molecular flexibility index (Phi) is 3.72. The Hall–Kier alpha value is -1.78. The lowest BCUT2D eigenvalue weighted by Gasteiger charge is -1.96. The van der Waals surface area contributed by atoms with Crippen LogP contribution in [0.15, 0.2) is 17.1 Å². The van der Waals surface area contributed by atoms with E-state index in [4.69, 9.17) is 4.74 Å². The average Bonchev–Trinajstić information content (AvgIpc) is 2.58. The summed E-state index contributed by atoms with van der Waals surface area (Å²) in [6, 6.07) is 0. The van der Waals surface area contributed by atoms with E-state index in [1.165, 1.54) is 18.3 Å². The molecule has 14 heavy (non-hydrogen) atoms. The quantitative estimate of drug-likeness (QED) is 0.549. The average molecular weight is 196 g/mol. The van der Waals surface area contributed by atoms with Gasteiger partial charge >= 0.3 is 11.7 Å². The molecule has 1 heterocycles. The van der Waals surface area contributed by atoms with E-state index in [1.54, 1.807) is 0 Å². The highest BCUT2D eigenvalue weighted by Crippen LogP contribution is 1.93. The van der Waals surface area contributed by atoms with Gasteiger partial charge in [-0.25, -0.2) is 9.59 Å². The molecule has 0 aliphatic heterocycles. The molecule has 0 spiro atoms. The van der Waals surface area contributed by atoms with E-state index in [1.807, 2.05) is 6.92 Å². The van der Waals surface area contributed by atoms with Crippen LogP contribution in [0.4, 0.5) is 0 Å². The number of aromatic amines is 2. The molecule has 0 amide bonds. The molecule has 1 aromatic rings. The number of aromatic nitrogens is 2. The Morgan fingerprint density at radius 3 is 3.00 bits per heavy atom. The van der Waals surface area contributed by atoms with Gasteiger partial charge in [-0.15, -0.1) is 0 Å². The lowest BCUT2D eigenvalue weighted by molar-refractivity contribution is -0.137. The summed E-state index contributed by atoms with van der Waals surface area (Å²) in [6.45, 7) is 2.33. The summed E-state index contributed by atoms with van der Waals surface area (Å²) in [5, 5.41) is 0.